The molecule has 0 aromatic heterocycles. The lowest BCUT2D eigenvalue weighted by Crippen LogP contribution is -2.56. The Hall–Kier alpha value is -0.240. The molecule has 1 aliphatic heterocycles. The Bertz CT molecular complexity index is 126. The van der Waals surface area contributed by atoms with E-state index in [4.69, 9.17) is 20.4 Å². The van der Waals surface area contributed by atoms with Gasteiger partial charge in [-0.1, -0.05) is 0 Å². The van der Waals surface area contributed by atoms with Crippen LogP contribution in [0.2, 0.25) is 0 Å². The van der Waals surface area contributed by atoms with Gasteiger partial charge >= 0.3 is 0 Å². The summed E-state index contributed by atoms with van der Waals surface area (Å²) >= 11 is 0. The second kappa shape index (κ2) is 4.13. The highest BCUT2D eigenvalue weighted by Gasteiger charge is 2.40. The first-order valence-electron chi connectivity index (χ1n) is 3.41. The first-order chi connectivity index (χ1) is 5.04. The van der Waals surface area contributed by atoms with E-state index in [0.717, 1.165) is 0 Å². The summed E-state index contributed by atoms with van der Waals surface area (Å²) in [5.41, 5.74) is 0. The van der Waals surface area contributed by atoms with Crippen LogP contribution in [0.3, 0.4) is 0 Å². The Morgan fingerprint density at radius 2 is 1.42 bits per heavy atom. The summed E-state index contributed by atoms with van der Waals surface area (Å²) in [6, 6.07) is 0. The van der Waals surface area contributed by atoms with Crippen molar-refractivity contribution in [3.63, 3.8) is 0 Å². The van der Waals surface area contributed by atoms with E-state index in [9.17, 15) is 0 Å². The molecule has 0 unspecified atom stereocenters. The van der Waals surface area contributed by atoms with Gasteiger partial charge in [0, 0.05) is 0 Å². The second-order valence-electron chi connectivity index (χ2n) is 2.70. The molecule has 74 valence electrons. The van der Waals surface area contributed by atoms with Crippen molar-refractivity contribution in [2.75, 3.05) is 0 Å². The molecule has 1 saturated heterocycles. The zero-order valence-corrected chi connectivity index (χ0v) is 6.58. The van der Waals surface area contributed by atoms with Gasteiger partial charge in [0.25, 0.3) is 0 Å². The number of ether oxygens (including phenoxy) is 1. The molecule has 0 aromatic carbocycles. The first-order valence-corrected chi connectivity index (χ1v) is 3.41. The Morgan fingerprint density at radius 3 is 1.92 bits per heavy atom. The van der Waals surface area contributed by atoms with Gasteiger partial charge in [-0.2, -0.15) is 0 Å². The lowest BCUT2D eigenvalue weighted by molar-refractivity contribution is -0.277. The third-order valence-electron chi connectivity index (χ3n) is 1.83. The van der Waals surface area contributed by atoms with Crippen molar-refractivity contribution in [2.45, 2.75) is 37.6 Å². The molecule has 1 rings (SSSR count). The first kappa shape index (κ1) is 11.8. The minimum absolute atomic E-state index is 0. The van der Waals surface area contributed by atoms with Crippen LogP contribution in [0, 0.1) is 0 Å². The molecule has 0 radical (unpaired) electrons. The number of aliphatic hydroxyl groups is 4. The lowest BCUT2D eigenvalue weighted by Gasteiger charge is -2.36. The Balaban J connectivity index is 0.00000121. The summed E-state index contributed by atoms with van der Waals surface area (Å²) in [5.74, 6) is 0. The molecule has 0 bridgehead atoms. The molecule has 12 heavy (non-hydrogen) atoms. The molecule has 0 saturated carbocycles. The van der Waals surface area contributed by atoms with Crippen molar-refractivity contribution in [1.82, 2.24) is 0 Å². The van der Waals surface area contributed by atoms with Gasteiger partial charge in [-0.05, 0) is 6.92 Å². The molecule has 0 aromatic rings. The van der Waals surface area contributed by atoms with Crippen molar-refractivity contribution in [1.29, 1.82) is 0 Å². The maximum atomic E-state index is 9.09. The van der Waals surface area contributed by atoms with Crippen molar-refractivity contribution in [3.8, 4) is 0 Å². The fraction of sp³-hybridized carbons (Fsp3) is 1.00. The summed E-state index contributed by atoms with van der Waals surface area (Å²) in [6.45, 7) is 1.50. The van der Waals surface area contributed by atoms with Gasteiger partial charge in [0.05, 0.1) is 6.10 Å². The number of hydrogen-bond donors (Lipinski definition) is 4. The molecule has 0 aliphatic carbocycles. The predicted molar refractivity (Wildman–Crippen MR) is 38.2 cm³/mol. The maximum Gasteiger partial charge on any atom is 0.183 e. The van der Waals surface area contributed by atoms with Crippen LogP contribution in [-0.4, -0.2) is 56.6 Å². The van der Waals surface area contributed by atoms with Crippen LogP contribution in [0.25, 0.3) is 0 Å². The van der Waals surface area contributed by atoms with Crippen LogP contribution in [0.5, 0.6) is 0 Å². The third-order valence-corrected chi connectivity index (χ3v) is 1.83. The zero-order chi connectivity index (χ0) is 8.59. The summed E-state index contributed by atoms with van der Waals surface area (Å²) < 4.78 is 4.68. The number of hydrogen-bond acceptors (Lipinski definition) is 5. The van der Waals surface area contributed by atoms with Crippen LogP contribution in [0.15, 0.2) is 0 Å². The monoisotopic (exact) mass is 182 g/mol. The van der Waals surface area contributed by atoms with Crippen LogP contribution in [0.4, 0.5) is 0 Å². The van der Waals surface area contributed by atoms with Gasteiger partial charge < -0.3 is 30.6 Å². The predicted octanol–water partition coefficient (Wildman–Crippen LogP) is -3.02. The van der Waals surface area contributed by atoms with Crippen LogP contribution < -0.4 is 0 Å². The fourth-order valence-corrected chi connectivity index (χ4v) is 1.03. The van der Waals surface area contributed by atoms with E-state index < -0.39 is 30.7 Å². The summed E-state index contributed by atoms with van der Waals surface area (Å²) in [6.07, 6.45) is -5.99. The van der Waals surface area contributed by atoms with Crippen molar-refractivity contribution >= 4 is 0 Å². The molecular formula is C6H14O6. The molecular weight excluding hydrogens is 168 g/mol. The van der Waals surface area contributed by atoms with E-state index >= 15 is 0 Å². The minimum atomic E-state index is -1.43. The number of rotatable bonds is 0. The number of aliphatic hydroxyl groups excluding tert-OH is 4. The fourth-order valence-electron chi connectivity index (χ4n) is 1.03. The standard InChI is InChI=1S/C6H12O5.H2O/c1-2-3(7)4(8)5(9)6(10)11-2;/h2-10H,1H3;1H2/t2-,3-,4+,5+,6-;/m1./s1. The molecule has 6 nitrogen and oxygen atoms in total. The molecule has 0 amide bonds. The van der Waals surface area contributed by atoms with Crippen LogP contribution >= 0.6 is 0 Å². The molecule has 0 spiro atoms. The lowest BCUT2D eigenvalue weighted by atomic mass is 10.0. The zero-order valence-electron chi connectivity index (χ0n) is 6.58. The normalized spacial score (nSPS) is 48.2. The molecule has 1 heterocycles. The highest BCUT2D eigenvalue weighted by molar-refractivity contribution is 4.86. The summed E-state index contributed by atoms with van der Waals surface area (Å²) in [4.78, 5) is 0. The second-order valence-corrected chi connectivity index (χ2v) is 2.70. The van der Waals surface area contributed by atoms with Gasteiger partial charge in [0.1, 0.15) is 18.3 Å². The topological polar surface area (TPSA) is 122 Å². The van der Waals surface area contributed by atoms with Crippen LogP contribution in [0.1, 0.15) is 6.92 Å². The molecule has 1 aliphatic rings. The third kappa shape index (κ3) is 1.92. The minimum Gasteiger partial charge on any atom is -0.412 e. The van der Waals surface area contributed by atoms with Crippen LogP contribution in [-0.2, 0) is 4.74 Å². The SMILES string of the molecule is C[C@H]1O[C@@H](O)[C@@H](O)[C@@H](O)[C@@H]1O.O. The van der Waals surface area contributed by atoms with Crippen molar-refractivity contribution in [2.24, 2.45) is 0 Å². The van der Waals surface area contributed by atoms with Crippen molar-refractivity contribution in [3.05, 3.63) is 0 Å². The van der Waals surface area contributed by atoms with E-state index in [1.165, 1.54) is 6.92 Å². The smallest absolute Gasteiger partial charge is 0.183 e. The Morgan fingerprint density at radius 1 is 0.917 bits per heavy atom. The Kier molecular flexibility index (Phi) is 4.04. The summed E-state index contributed by atoms with van der Waals surface area (Å²) in [7, 11) is 0. The van der Waals surface area contributed by atoms with E-state index in [1.54, 1.807) is 0 Å². The van der Waals surface area contributed by atoms with Gasteiger partial charge in [-0.25, -0.2) is 0 Å². The van der Waals surface area contributed by atoms with Gasteiger partial charge in [-0.15, -0.1) is 0 Å². The van der Waals surface area contributed by atoms with E-state index in [2.05, 4.69) is 4.74 Å². The highest BCUT2D eigenvalue weighted by Crippen LogP contribution is 2.18. The maximum absolute atomic E-state index is 9.09. The van der Waals surface area contributed by atoms with E-state index in [0.29, 0.717) is 0 Å². The van der Waals surface area contributed by atoms with E-state index in [1.807, 2.05) is 0 Å². The van der Waals surface area contributed by atoms with E-state index in [-0.39, 0.29) is 5.48 Å². The molecule has 6 heteroatoms. The average Bonchev–Trinajstić information content (AvgIpc) is 1.97. The quantitative estimate of drug-likeness (QED) is 0.317. The van der Waals surface area contributed by atoms with Crippen molar-refractivity contribution < 1.29 is 30.6 Å². The average molecular weight is 182 g/mol. The molecule has 6 N–H and O–H groups in total. The Labute approximate surface area is 69.3 Å². The largest absolute Gasteiger partial charge is 0.412 e. The highest BCUT2D eigenvalue weighted by atomic mass is 16.6. The summed E-state index contributed by atoms with van der Waals surface area (Å²) in [5, 5.41) is 36.0. The molecule has 5 atom stereocenters. The van der Waals surface area contributed by atoms with Gasteiger partial charge in [0.15, 0.2) is 6.29 Å². The van der Waals surface area contributed by atoms with Gasteiger partial charge in [-0.3, -0.25) is 0 Å². The van der Waals surface area contributed by atoms with Gasteiger partial charge in [0.2, 0.25) is 0 Å². The molecule has 1 fully saturated rings.